The van der Waals surface area contributed by atoms with Crippen LogP contribution in [0.5, 0.6) is 17.2 Å². The molecule has 7 rings (SSSR count). The number of Topliss-reactive ketones (excluding diaryl/α,β-unsaturated/α-hetero) is 2. The summed E-state index contributed by atoms with van der Waals surface area (Å²) >= 11 is 8.14. The maximum atomic E-state index is 14.4. The summed E-state index contributed by atoms with van der Waals surface area (Å²) in [7, 11) is 2.79. The lowest BCUT2D eigenvalue weighted by Gasteiger charge is -2.42. The molecule has 14 heteroatoms. The van der Waals surface area contributed by atoms with E-state index >= 15 is 0 Å². The average Bonchev–Trinajstić information content (AvgIpc) is 3.47. The Balaban J connectivity index is 1.17. The number of methoxy groups -OCH3 is 2. The molecule has 2 N–H and O–H groups in total. The topological polar surface area (TPSA) is 153 Å². The molecule has 1 spiro atoms. The highest BCUT2D eigenvalue weighted by Crippen LogP contribution is 2.56. The van der Waals surface area contributed by atoms with Crippen LogP contribution in [0.3, 0.4) is 0 Å². The fourth-order valence-electron chi connectivity index (χ4n) is 8.40. The number of ether oxygens (including phenoxy) is 3. The Kier molecular flexibility index (Phi) is 9.83. The Labute approximate surface area is 315 Å². The van der Waals surface area contributed by atoms with Gasteiger partial charge in [0.1, 0.15) is 22.1 Å². The van der Waals surface area contributed by atoms with E-state index in [1.54, 1.807) is 40.7 Å². The van der Waals surface area contributed by atoms with Gasteiger partial charge in [0.15, 0.2) is 17.3 Å². The second kappa shape index (κ2) is 14.2. The van der Waals surface area contributed by atoms with Gasteiger partial charge in [0.2, 0.25) is 23.2 Å². The molecule has 3 aromatic rings. The number of carbonyl (C=O) groups is 4. The highest BCUT2D eigenvalue weighted by Gasteiger charge is 2.61. The Bertz CT molecular complexity index is 2120. The molecule has 278 valence electrons. The van der Waals surface area contributed by atoms with Gasteiger partial charge in [0.25, 0.3) is 5.56 Å². The van der Waals surface area contributed by atoms with Crippen molar-refractivity contribution in [3.63, 3.8) is 0 Å². The van der Waals surface area contributed by atoms with Gasteiger partial charge in [-0.25, -0.2) is 0 Å². The SMILES string of the molecule is COc1cc(OC)c2c(c1Cl)O[C@]1(C2=O)C(O)=C(C(CC(=O)NCC(=O)N2CC3CC(C2)c2cccc(=O)n2C3)c2ccc(SC)cc2)C(=O)C[C@H]1C. The zero-order valence-corrected chi connectivity index (χ0v) is 31.3. The quantitative estimate of drug-likeness (QED) is 0.288. The number of halogens is 1. The van der Waals surface area contributed by atoms with Crippen LogP contribution in [0, 0.1) is 11.8 Å². The van der Waals surface area contributed by atoms with Crippen molar-refractivity contribution in [3.8, 4) is 17.2 Å². The second-order valence-electron chi connectivity index (χ2n) is 14.1. The van der Waals surface area contributed by atoms with Crippen LogP contribution >= 0.6 is 23.4 Å². The van der Waals surface area contributed by atoms with Gasteiger partial charge < -0.3 is 34.1 Å². The number of fused-ring (bicyclic) bond motifs is 5. The van der Waals surface area contributed by atoms with Gasteiger partial charge in [-0.15, -0.1) is 11.8 Å². The van der Waals surface area contributed by atoms with Crippen LogP contribution in [0.25, 0.3) is 0 Å². The first-order chi connectivity index (χ1) is 25.4. The Morgan fingerprint density at radius 2 is 1.81 bits per heavy atom. The highest BCUT2D eigenvalue weighted by atomic mass is 35.5. The maximum absolute atomic E-state index is 14.4. The molecule has 2 aromatic carbocycles. The van der Waals surface area contributed by atoms with Crippen molar-refractivity contribution >= 4 is 46.7 Å². The number of aliphatic hydroxyl groups is 1. The lowest BCUT2D eigenvalue weighted by molar-refractivity contribution is -0.135. The number of allylic oxidation sites excluding steroid dienone is 1. The Morgan fingerprint density at radius 1 is 1.08 bits per heavy atom. The number of amides is 2. The third-order valence-corrected chi connectivity index (χ3v) is 12.1. The van der Waals surface area contributed by atoms with Crippen molar-refractivity contribution in [2.75, 3.05) is 40.1 Å². The Hall–Kier alpha value is -4.75. The number of likely N-dealkylation sites (tertiary alicyclic amines) is 1. The summed E-state index contributed by atoms with van der Waals surface area (Å²) in [4.78, 5) is 70.6. The van der Waals surface area contributed by atoms with Crippen molar-refractivity contribution in [1.82, 2.24) is 14.8 Å². The third kappa shape index (κ3) is 6.17. The number of nitrogens with zero attached hydrogens (tertiary/aromatic N) is 2. The van der Waals surface area contributed by atoms with Crippen molar-refractivity contribution in [2.45, 2.75) is 55.1 Å². The number of hydrogen-bond acceptors (Lipinski definition) is 10. The summed E-state index contributed by atoms with van der Waals surface area (Å²) in [5, 5.41) is 14.9. The van der Waals surface area contributed by atoms with Crippen molar-refractivity contribution < 1.29 is 38.5 Å². The summed E-state index contributed by atoms with van der Waals surface area (Å²) < 4.78 is 19.0. The molecule has 1 saturated heterocycles. The van der Waals surface area contributed by atoms with Crippen molar-refractivity contribution in [2.24, 2.45) is 11.8 Å². The van der Waals surface area contributed by atoms with Gasteiger partial charge in [0, 0.05) is 78.5 Å². The van der Waals surface area contributed by atoms with E-state index in [0.717, 1.165) is 17.0 Å². The van der Waals surface area contributed by atoms with E-state index in [1.165, 1.54) is 32.0 Å². The van der Waals surface area contributed by atoms with Crippen molar-refractivity contribution in [3.05, 3.63) is 92.1 Å². The number of thioether (sulfide) groups is 1. The molecule has 0 saturated carbocycles. The molecule has 4 heterocycles. The molecule has 1 fully saturated rings. The third-order valence-electron chi connectivity index (χ3n) is 11.0. The lowest BCUT2D eigenvalue weighted by Crippen LogP contribution is -2.53. The van der Waals surface area contributed by atoms with E-state index in [9.17, 15) is 29.1 Å². The number of rotatable bonds is 9. The van der Waals surface area contributed by atoms with Gasteiger partial charge in [-0.05, 0) is 42.4 Å². The van der Waals surface area contributed by atoms with Gasteiger partial charge >= 0.3 is 0 Å². The number of aliphatic hydroxyl groups excluding tert-OH is 1. The zero-order chi connectivity index (χ0) is 37.8. The van der Waals surface area contributed by atoms with Crippen LogP contribution in [-0.2, 0) is 20.9 Å². The lowest BCUT2D eigenvalue weighted by atomic mass is 9.69. The fraction of sp³-hybridized carbons (Fsp3) is 0.410. The summed E-state index contributed by atoms with van der Waals surface area (Å²) in [6.45, 7) is 2.82. The van der Waals surface area contributed by atoms with Gasteiger partial charge in [-0.3, -0.25) is 24.0 Å². The predicted molar refractivity (Wildman–Crippen MR) is 197 cm³/mol. The fourth-order valence-corrected chi connectivity index (χ4v) is 9.08. The first-order valence-corrected chi connectivity index (χ1v) is 19.0. The summed E-state index contributed by atoms with van der Waals surface area (Å²) in [6, 6.07) is 13.9. The first kappa shape index (κ1) is 36.6. The molecule has 4 aliphatic rings. The number of ketones is 2. The summed E-state index contributed by atoms with van der Waals surface area (Å²) in [6.07, 6.45) is 2.34. The molecule has 12 nitrogen and oxygen atoms in total. The monoisotopic (exact) mass is 761 g/mol. The predicted octanol–water partition coefficient (Wildman–Crippen LogP) is 4.91. The number of aromatic nitrogens is 1. The Morgan fingerprint density at radius 3 is 2.51 bits per heavy atom. The van der Waals surface area contributed by atoms with Gasteiger partial charge in [-0.1, -0.05) is 36.7 Å². The second-order valence-corrected chi connectivity index (χ2v) is 15.3. The number of nitrogens with one attached hydrogen (secondary N) is 1. The standard InChI is InChI=1S/C39H40ClN3O9S/c1-20-12-27(44)33(37(48)39(20)38(49)34-28(50-2)15-29(51-3)35(40)36(34)52-39)25(22-8-10-24(53-4)11-9-22)14-30(45)41-16-32(47)42-17-21-13-23(19-42)26-6-5-7-31(46)43(26)18-21/h5-11,15,20-21,23,25,48H,12-14,16-19H2,1-4H3,(H,41,45)/t20-,21?,23?,25?,39+/m1/s1. The largest absolute Gasteiger partial charge is 0.507 e. The van der Waals surface area contributed by atoms with E-state index in [-0.39, 0.29) is 76.1 Å². The molecule has 2 bridgehead atoms. The maximum Gasteiger partial charge on any atom is 0.250 e. The van der Waals surface area contributed by atoms with E-state index in [2.05, 4.69) is 5.32 Å². The molecular formula is C39H40ClN3O9S. The molecule has 0 radical (unpaired) electrons. The molecule has 1 aliphatic carbocycles. The molecule has 2 amide bonds. The minimum Gasteiger partial charge on any atom is -0.507 e. The number of carbonyl (C=O) groups excluding carboxylic acids is 4. The van der Waals surface area contributed by atoms with Crippen molar-refractivity contribution in [1.29, 1.82) is 0 Å². The van der Waals surface area contributed by atoms with Crippen LogP contribution in [0.4, 0.5) is 0 Å². The average molecular weight is 762 g/mol. The first-order valence-electron chi connectivity index (χ1n) is 17.4. The molecule has 5 atom stereocenters. The number of pyridine rings is 1. The molecule has 1 aromatic heterocycles. The number of hydrogen-bond donors (Lipinski definition) is 2. The van der Waals surface area contributed by atoms with Crippen LogP contribution in [0.15, 0.2) is 69.6 Å². The van der Waals surface area contributed by atoms with Crippen LogP contribution in [0.1, 0.15) is 59.6 Å². The summed E-state index contributed by atoms with van der Waals surface area (Å²) in [5.74, 6) is -3.81. The highest BCUT2D eigenvalue weighted by molar-refractivity contribution is 7.98. The van der Waals surface area contributed by atoms with E-state index in [4.69, 9.17) is 25.8 Å². The normalized spacial score (nSPS) is 23.6. The minimum atomic E-state index is -2.02. The summed E-state index contributed by atoms with van der Waals surface area (Å²) in [5.41, 5.74) is -0.702. The van der Waals surface area contributed by atoms with E-state index in [0.29, 0.717) is 25.2 Å². The van der Waals surface area contributed by atoms with E-state index in [1.807, 2.05) is 24.5 Å². The molecule has 53 heavy (non-hydrogen) atoms. The molecule has 3 aliphatic heterocycles. The van der Waals surface area contributed by atoms with Gasteiger partial charge in [0.05, 0.1) is 20.8 Å². The van der Waals surface area contributed by atoms with E-state index < -0.39 is 40.7 Å². The van der Waals surface area contributed by atoms with Crippen LogP contribution < -0.4 is 25.1 Å². The van der Waals surface area contributed by atoms with Crippen LogP contribution in [-0.4, -0.2) is 83.7 Å². The van der Waals surface area contributed by atoms with Gasteiger partial charge in [-0.2, -0.15) is 0 Å². The molecular weight excluding hydrogens is 722 g/mol. The zero-order valence-electron chi connectivity index (χ0n) is 29.8. The minimum absolute atomic E-state index is 0.00989. The molecule has 3 unspecified atom stereocenters. The smallest absolute Gasteiger partial charge is 0.250 e. The number of benzene rings is 2. The number of piperidine rings is 1. The van der Waals surface area contributed by atoms with Crippen LogP contribution in [0.2, 0.25) is 5.02 Å².